The molecule has 1 saturated carbocycles. The summed E-state index contributed by atoms with van der Waals surface area (Å²) in [5, 5.41) is 6.24. The number of imidazole rings is 1. The minimum absolute atomic E-state index is 0.00857. The normalized spacial score (nSPS) is 22.1. The van der Waals surface area contributed by atoms with E-state index in [4.69, 9.17) is 16.6 Å². The number of piperidine rings is 3. The first kappa shape index (κ1) is 44.0. The molecule has 2 aromatic carbocycles. The molecule has 4 aliphatic rings. The number of nitrogens with zero attached hydrogens (tertiary/aromatic N) is 8. The lowest BCUT2D eigenvalue weighted by Crippen LogP contribution is -2.53. The number of anilines is 3. The number of rotatable bonds is 10. The first-order valence-corrected chi connectivity index (χ1v) is 23.7. The predicted molar refractivity (Wildman–Crippen MR) is 239 cm³/mol. The van der Waals surface area contributed by atoms with E-state index in [1.807, 2.05) is 0 Å². The number of aryl methyl sites for hydroxylation is 2. The number of aromatic nitrogens is 5. The smallest absolute Gasteiger partial charge is 0.329 e. The Labute approximate surface area is 373 Å². The summed E-state index contributed by atoms with van der Waals surface area (Å²) in [5.41, 5.74) is 1.40. The first-order valence-electron chi connectivity index (χ1n) is 21.9. The number of benzene rings is 2. The van der Waals surface area contributed by atoms with E-state index in [2.05, 4.69) is 20.5 Å². The van der Waals surface area contributed by atoms with Crippen LogP contribution in [0.5, 0.6) is 0 Å². The monoisotopic (exact) mass is 920 g/mol. The van der Waals surface area contributed by atoms with Crippen molar-refractivity contribution < 1.29 is 26.8 Å². The number of likely N-dealkylation sites (tertiary alicyclic amines) is 1. The van der Waals surface area contributed by atoms with Gasteiger partial charge in [-0.05, 0) is 94.0 Å². The Morgan fingerprint density at radius 2 is 1.70 bits per heavy atom. The van der Waals surface area contributed by atoms with Gasteiger partial charge in [0.1, 0.15) is 28.4 Å². The molecule has 5 aromatic rings. The minimum Gasteiger partial charge on any atom is -0.372 e. The van der Waals surface area contributed by atoms with Crippen LogP contribution in [0.3, 0.4) is 0 Å². The Kier molecular flexibility index (Phi) is 11.9. The number of carbonyl (C=O) groups excluding carboxylic acids is 2. The van der Waals surface area contributed by atoms with Crippen LogP contribution in [0.4, 0.5) is 26.1 Å². The number of fused-ring (bicyclic) bond motifs is 2. The average Bonchev–Trinajstić information content (AvgIpc) is 3.89. The van der Waals surface area contributed by atoms with Gasteiger partial charge in [0.05, 0.1) is 16.1 Å². The number of carbonyl (C=O) groups is 2. The van der Waals surface area contributed by atoms with Gasteiger partial charge in [-0.15, -0.1) is 0 Å². The van der Waals surface area contributed by atoms with Crippen molar-refractivity contribution in [1.29, 1.82) is 0 Å². The number of nitrogens with one attached hydrogen (secondary N) is 2. The summed E-state index contributed by atoms with van der Waals surface area (Å²) in [5.74, 6) is -1.80. The van der Waals surface area contributed by atoms with Crippen LogP contribution in [0.15, 0.2) is 57.1 Å². The van der Waals surface area contributed by atoms with Crippen LogP contribution in [0.1, 0.15) is 75.4 Å². The molecule has 4 fully saturated rings. The molecule has 1 aliphatic carbocycles. The van der Waals surface area contributed by atoms with Crippen LogP contribution in [0.2, 0.25) is 5.02 Å². The van der Waals surface area contributed by atoms with Crippen LogP contribution in [0, 0.1) is 18.7 Å². The molecule has 0 bridgehead atoms. The molecule has 340 valence electrons. The fourth-order valence-electron chi connectivity index (χ4n) is 10.2. The number of halogens is 3. The van der Waals surface area contributed by atoms with Crippen molar-refractivity contribution in [3.05, 3.63) is 79.8 Å². The van der Waals surface area contributed by atoms with Crippen LogP contribution in [0.25, 0.3) is 22.1 Å². The molecule has 3 saturated heterocycles. The Balaban J connectivity index is 0.807. The summed E-state index contributed by atoms with van der Waals surface area (Å²) in [6.07, 6.45) is 6.04. The van der Waals surface area contributed by atoms with E-state index in [0.717, 1.165) is 30.3 Å². The molecule has 16 nitrogen and oxygen atoms in total. The number of imide groups is 1. The van der Waals surface area contributed by atoms with Gasteiger partial charge in [0.2, 0.25) is 27.8 Å². The predicted octanol–water partition coefficient (Wildman–Crippen LogP) is 5.33. The Hall–Kier alpha value is -5.24. The second kappa shape index (κ2) is 17.3. The topological polar surface area (TPSA) is 177 Å². The van der Waals surface area contributed by atoms with Crippen LogP contribution < -0.4 is 26.8 Å². The molecule has 3 aliphatic heterocycles. The van der Waals surface area contributed by atoms with Crippen molar-refractivity contribution in [3.63, 3.8) is 0 Å². The summed E-state index contributed by atoms with van der Waals surface area (Å²) >= 11 is 6.29. The molecular weight excluding hydrogens is 870 g/mol. The van der Waals surface area contributed by atoms with Gasteiger partial charge in [-0.1, -0.05) is 24.4 Å². The highest BCUT2D eigenvalue weighted by molar-refractivity contribution is 7.89. The zero-order chi connectivity index (χ0) is 45.2. The second-order valence-corrected chi connectivity index (χ2v) is 20.0. The third-order valence-corrected chi connectivity index (χ3v) is 15.9. The van der Waals surface area contributed by atoms with Crippen LogP contribution in [-0.4, -0.2) is 105 Å². The first-order chi connectivity index (χ1) is 30.6. The lowest BCUT2D eigenvalue weighted by atomic mass is 9.91. The molecule has 6 heterocycles. The number of hydrogen-bond donors (Lipinski definition) is 2. The van der Waals surface area contributed by atoms with E-state index >= 15 is 8.78 Å². The van der Waals surface area contributed by atoms with Gasteiger partial charge in [-0.2, -0.15) is 9.29 Å². The van der Waals surface area contributed by atoms with Crippen molar-refractivity contribution in [1.82, 2.24) is 38.2 Å². The van der Waals surface area contributed by atoms with Crippen molar-refractivity contribution in [3.8, 4) is 0 Å². The Morgan fingerprint density at radius 1 is 0.953 bits per heavy atom. The number of sulfonamides is 1. The van der Waals surface area contributed by atoms with Gasteiger partial charge < -0.3 is 10.2 Å². The third kappa shape index (κ3) is 7.97. The minimum atomic E-state index is -3.83. The maximum Gasteiger partial charge on any atom is 0.329 e. The van der Waals surface area contributed by atoms with Crippen LogP contribution >= 0.6 is 11.6 Å². The number of hydrogen-bond acceptors (Lipinski definition) is 11. The molecule has 3 atom stereocenters. The Bertz CT molecular complexity index is 2910. The van der Waals surface area contributed by atoms with E-state index in [0.29, 0.717) is 61.2 Å². The fourth-order valence-corrected chi connectivity index (χ4v) is 12.0. The van der Waals surface area contributed by atoms with Gasteiger partial charge >= 0.3 is 5.69 Å². The fraction of sp³-hybridized carbons (Fsp3) is 0.500. The highest BCUT2D eigenvalue weighted by Gasteiger charge is 2.38. The lowest BCUT2D eigenvalue weighted by molar-refractivity contribution is -0.135. The van der Waals surface area contributed by atoms with Crippen molar-refractivity contribution in [2.24, 2.45) is 13.0 Å². The number of pyridine rings is 1. The molecule has 3 aromatic heterocycles. The second-order valence-electron chi connectivity index (χ2n) is 17.7. The summed E-state index contributed by atoms with van der Waals surface area (Å²) in [6, 6.07) is 8.65. The molecule has 1 unspecified atom stereocenters. The summed E-state index contributed by atoms with van der Waals surface area (Å²) in [6.45, 7) is 3.41. The SMILES string of the molecule is Cc1cc(S(=O)(=O)N2CCC(N3CC[C@H](CN(C)c4ccc5c(c4F)n(C)c(=O)n5C4CCC(=O)NC4=O)[C@H](F)C3)CC2)ccc1Nc1ncc2cc(Cl)c(=O)n(C3CCCC3)c2n1. The maximum atomic E-state index is 16.2. The Morgan fingerprint density at radius 3 is 2.41 bits per heavy atom. The van der Waals surface area contributed by atoms with E-state index < -0.39 is 45.6 Å². The molecule has 20 heteroatoms. The van der Waals surface area contributed by atoms with Crippen molar-refractivity contribution in [2.75, 3.05) is 50.0 Å². The highest BCUT2D eigenvalue weighted by Crippen LogP contribution is 2.35. The summed E-state index contributed by atoms with van der Waals surface area (Å²) < 4.78 is 65.4. The molecule has 0 spiro atoms. The molecule has 2 amide bonds. The molecular formula is C44H51ClF2N10O6S. The molecule has 2 N–H and O–H groups in total. The average molecular weight is 921 g/mol. The quantitative estimate of drug-likeness (QED) is 0.173. The molecule has 64 heavy (non-hydrogen) atoms. The standard InChI is InChI=1S/C44H51ClF2N10O6S/c1-25-20-30(8-9-33(25)49-43-48-22-27-21-31(45)42(60)56(40(27)51-43)29-6-4-5-7-29)64(62,63)55-18-15-28(16-19-55)54-17-14-26(32(46)24-54)23-52(2)34-10-11-35-39(38(34)47)53(3)44(61)57(35)36-12-13-37(58)50-41(36)59/h8-11,20-22,26,28-29,32,36H,4-7,12-19,23-24H2,1-3H3,(H,48,49,51)(H,50,58,59)/t26-,32-,36?/m1/s1. The van der Waals surface area contributed by atoms with Gasteiger partial charge in [0.15, 0.2) is 5.82 Å². The molecule has 9 rings (SSSR count). The van der Waals surface area contributed by atoms with E-state index in [1.165, 1.54) is 22.0 Å². The number of amides is 2. The van der Waals surface area contributed by atoms with Crippen LogP contribution in [-0.2, 0) is 26.7 Å². The van der Waals surface area contributed by atoms with E-state index in [1.54, 1.807) is 60.0 Å². The van der Waals surface area contributed by atoms with Crippen molar-refractivity contribution in [2.45, 2.75) is 93.9 Å². The van der Waals surface area contributed by atoms with Gasteiger partial charge in [0, 0.05) is 82.0 Å². The highest BCUT2D eigenvalue weighted by atomic mass is 35.5. The van der Waals surface area contributed by atoms with Gasteiger partial charge in [0.25, 0.3) is 5.56 Å². The lowest BCUT2D eigenvalue weighted by Gasteiger charge is -2.43. The zero-order valence-corrected chi connectivity index (χ0v) is 37.5. The molecule has 0 radical (unpaired) electrons. The van der Waals surface area contributed by atoms with Crippen molar-refractivity contribution >= 4 is 72.8 Å². The third-order valence-electron chi connectivity index (χ3n) is 13.8. The van der Waals surface area contributed by atoms with E-state index in [9.17, 15) is 27.6 Å². The maximum absolute atomic E-state index is 16.2. The number of alkyl halides is 1. The summed E-state index contributed by atoms with van der Waals surface area (Å²) in [7, 11) is -0.707. The van der Waals surface area contributed by atoms with Gasteiger partial charge in [-0.3, -0.25) is 38.3 Å². The summed E-state index contributed by atoms with van der Waals surface area (Å²) in [4.78, 5) is 63.7. The van der Waals surface area contributed by atoms with E-state index in [-0.39, 0.29) is 82.1 Å². The zero-order valence-electron chi connectivity index (χ0n) is 35.9. The van der Waals surface area contributed by atoms with Gasteiger partial charge in [-0.25, -0.2) is 27.0 Å². The largest absolute Gasteiger partial charge is 0.372 e.